The van der Waals surface area contributed by atoms with E-state index in [0.29, 0.717) is 5.92 Å². The zero-order valence-electron chi connectivity index (χ0n) is 10.6. The van der Waals surface area contributed by atoms with Crippen LogP contribution in [0.3, 0.4) is 0 Å². The first-order valence-electron chi connectivity index (χ1n) is 6.25. The second kappa shape index (κ2) is 5.74. The fourth-order valence-electron chi connectivity index (χ4n) is 2.12. The van der Waals surface area contributed by atoms with Crippen molar-refractivity contribution in [2.75, 3.05) is 0 Å². The molecule has 3 atom stereocenters. The van der Waals surface area contributed by atoms with E-state index in [1.807, 2.05) is 31.2 Å². The van der Waals surface area contributed by atoms with Crippen molar-refractivity contribution in [3.05, 3.63) is 34.3 Å². The predicted octanol–water partition coefficient (Wildman–Crippen LogP) is 2.74. The lowest BCUT2D eigenvalue weighted by atomic mass is 10.0. The van der Waals surface area contributed by atoms with Gasteiger partial charge < -0.3 is 10.4 Å². The number of benzene rings is 1. The molecule has 5 heteroatoms. The summed E-state index contributed by atoms with van der Waals surface area (Å²) < 4.78 is 0.870. The quantitative estimate of drug-likeness (QED) is 0.874. The molecule has 0 heterocycles. The Labute approximate surface area is 120 Å². The molecule has 2 rings (SSSR count). The molecular formula is C14H16BrNO3. The van der Waals surface area contributed by atoms with E-state index in [9.17, 15) is 9.59 Å². The predicted molar refractivity (Wildman–Crippen MR) is 74.5 cm³/mol. The summed E-state index contributed by atoms with van der Waals surface area (Å²) in [7, 11) is 0. The Kier molecular flexibility index (Phi) is 4.24. The molecule has 1 aromatic rings. The van der Waals surface area contributed by atoms with Crippen LogP contribution in [0.25, 0.3) is 0 Å². The van der Waals surface area contributed by atoms with Crippen molar-refractivity contribution in [1.29, 1.82) is 0 Å². The largest absolute Gasteiger partial charge is 0.481 e. The molecule has 0 aliphatic heterocycles. The molecule has 1 aliphatic rings. The van der Waals surface area contributed by atoms with E-state index in [0.717, 1.165) is 16.5 Å². The van der Waals surface area contributed by atoms with Crippen molar-refractivity contribution in [2.45, 2.75) is 25.8 Å². The van der Waals surface area contributed by atoms with Crippen LogP contribution in [-0.4, -0.2) is 17.0 Å². The lowest BCUT2D eigenvalue weighted by molar-refractivity contribution is -0.137. The Morgan fingerprint density at radius 3 is 2.74 bits per heavy atom. The number of carbonyl (C=O) groups excluding carboxylic acids is 1. The highest BCUT2D eigenvalue weighted by Gasteiger charge is 2.40. The number of hydrogen-bond donors (Lipinski definition) is 2. The van der Waals surface area contributed by atoms with Gasteiger partial charge in [0.2, 0.25) is 5.91 Å². The van der Waals surface area contributed by atoms with E-state index in [1.165, 1.54) is 0 Å². The van der Waals surface area contributed by atoms with Crippen LogP contribution in [0, 0.1) is 11.8 Å². The number of halogens is 1. The van der Waals surface area contributed by atoms with E-state index in [2.05, 4.69) is 21.2 Å². The van der Waals surface area contributed by atoms with E-state index in [1.54, 1.807) is 0 Å². The molecule has 102 valence electrons. The van der Waals surface area contributed by atoms with Crippen LogP contribution in [0.1, 0.15) is 31.4 Å². The number of carboxylic acid groups (broad SMARTS) is 1. The van der Waals surface area contributed by atoms with Crippen LogP contribution < -0.4 is 5.32 Å². The Morgan fingerprint density at radius 1 is 1.53 bits per heavy atom. The second-order valence-corrected chi connectivity index (χ2v) is 5.95. The normalized spacial score (nSPS) is 22.6. The van der Waals surface area contributed by atoms with Crippen molar-refractivity contribution >= 4 is 27.8 Å². The third kappa shape index (κ3) is 3.80. The van der Waals surface area contributed by atoms with E-state index in [-0.39, 0.29) is 18.2 Å². The summed E-state index contributed by atoms with van der Waals surface area (Å²) in [5.74, 6) is -0.510. The molecule has 1 aromatic carbocycles. The third-order valence-corrected chi connectivity index (χ3v) is 3.89. The van der Waals surface area contributed by atoms with E-state index < -0.39 is 12.0 Å². The minimum atomic E-state index is -0.922. The van der Waals surface area contributed by atoms with Crippen molar-refractivity contribution in [1.82, 2.24) is 5.32 Å². The molecule has 2 N–H and O–H groups in total. The summed E-state index contributed by atoms with van der Waals surface area (Å²) >= 11 is 3.35. The second-order valence-electron chi connectivity index (χ2n) is 5.03. The molecule has 0 aromatic heterocycles. The molecule has 0 spiro atoms. The maximum Gasteiger partial charge on any atom is 0.305 e. The number of nitrogens with one attached hydrogen (secondary N) is 1. The minimum Gasteiger partial charge on any atom is -0.481 e. The van der Waals surface area contributed by atoms with Gasteiger partial charge in [0, 0.05) is 10.4 Å². The van der Waals surface area contributed by atoms with Crippen LogP contribution >= 0.6 is 15.9 Å². The van der Waals surface area contributed by atoms with E-state index in [4.69, 9.17) is 5.11 Å². The van der Waals surface area contributed by atoms with E-state index >= 15 is 0 Å². The van der Waals surface area contributed by atoms with Gasteiger partial charge in [-0.15, -0.1) is 0 Å². The number of rotatable bonds is 5. The van der Waals surface area contributed by atoms with Gasteiger partial charge in [-0.3, -0.25) is 9.59 Å². The van der Waals surface area contributed by atoms with Crippen LogP contribution in [-0.2, 0) is 9.59 Å². The zero-order valence-corrected chi connectivity index (χ0v) is 12.2. The molecule has 1 amide bonds. The topological polar surface area (TPSA) is 66.4 Å². The average molecular weight is 326 g/mol. The Hall–Kier alpha value is -1.36. The number of carbonyl (C=O) groups is 2. The lowest BCUT2D eigenvalue weighted by Gasteiger charge is -2.17. The number of hydrogen-bond acceptors (Lipinski definition) is 2. The van der Waals surface area contributed by atoms with Crippen LogP contribution in [0.4, 0.5) is 0 Å². The fraction of sp³-hybridized carbons (Fsp3) is 0.429. The maximum atomic E-state index is 12.0. The molecule has 1 saturated carbocycles. The Balaban J connectivity index is 2.11. The van der Waals surface area contributed by atoms with Crippen LogP contribution in [0.15, 0.2) is 28.7 Å². The molecule has 19 heavy (non-hydrogen) atoms. The monoisotopic (exact) mass is 325 g/mol. The van der Waals surface area contributed by atoms with Gasteiger partial charge in [-0.25, -0.2) is 0 Å². The molecule has 1 fully saturated rings. The molecule has 0 radical (unpaired) electrons. The highest BCUT2D eigenvalue weighted by Crippen LogP contribution is 2.38. The first-order chi connectivity index (χ1) is 8.97. The number of carboxylic acids is 1. The minimum absolute atomic E-state index is 0.0428. The molecule has 1 aliphatic carbocycles. The van der Waals surface area contributed by atoms with Crippen molar-refractivity contribution < 1.29 is 14.7 Å². The number of aliphatic carboxylic acids is 1. The average Bonchev–Trinajstić information content (AvgIpc) is 3.05. The highest BCUT2D eigenvalue weighted by molar-refractivity contribution is 9.10. The zero-order chi connectivity index (χ0) is 14.0. The van der Waals surface area contributed by atoms with Crippen molar-refractivity contribution in [2.24, 2.45) is 11.8 Å². The maximum absolute atomic E-state index is 12.0. The SMILES string of the molecule is CC1CC1C(=O)NC(CC(=O)O)c1cccc(Br)c1. The summed E-state index contributed by atoms with van der Waals surface area (Å²) in [4.78, 5) is 22.9. The third-order valence-electron chi connectivity index (χ3n) is 3.39. The van der Waals surface area contributed by atoms with Gasteiger partial charge in [0.05, 0.1) is 12.5 Å². The van der Waals surface area contributed by atoms with Crippen molar-refractivity contribution in [3.8, 4) is 0 Å². The summed E-state index contributed by atoms with van der Waals surface area (Å²) in [5, 5.41) is 11.8. The Bertz CT molecular complexity index is 503. The summed E-state index contributed by atoms with van der Waals surface area (Å²) in [6.45, 7) is 2.02. The highest BCUT2D eigenvalue weighted by atomic mass is 79.9. The fourth-order valence-corrected chi connectivity index (χ4v) is 2.53. The van der Waals surface area contributed by atoms with Gasteiger partial charge in [0.25, 0.3) is 0 Å². The first-order valence-corrected chi connectivity index (χ1v) is 7.04. The molecule has 0 bridgehead atoms. The van der Waals surface area contributed by atoms with Crippen LogP contribution in [0.2, 0.25) is 0 Å². The summed E-state index contributed by atoms with van der Waals surface area (Å²) in [6, 6.07) is 6.89. The van der Waals surface area contributed by atoms with Crippen molar-refractivity contribution in [3.63, 3.8) is 0 Å². The summed E-state index contributed by atoms with van der Waals surface area (Å²) in [5.41, 5.74) is 0.804. The first kappa shape index (κ1) is 14.1. The lowest BCUT2D eigenvalue weighted by Crippen LogP contribution is -2.31. The Morgan fingerprint density at radius 2 is 2.21 bits per heavy atom. The van der Waals surface area contributed by atoms with Gasteiger partial charge in [-0.05, 0) is 30.0 Å². The standard InChI is InChI=1S/C14H16BrNO3/c1-8-5-11(8)14(19)16-12(7-13(17)18)9-3-2-4-10(15)6-9/h2-4,6,8,11-12H,5,7H2,1H3,(H,16,19)(H,17,18). The van der Waals surface area contributed by atoms with Crippen LogP contribution in [0.5, 0.6) is 0 Å². The number of amides is 1. The molecule has 3 unspecified atom stereocenters. The smallest absolute Gasteiger partial charge is 0.305 e. The summed E-state index contributed by atoms with van der Waals surface area (Å²) in [6.07, 6.45) is 0.785. The van der Waals surface area contributed by atoms with Gasteiger partial charge in [0.15, 0.2) is 0 Å². The molecule has 0 saturated heterocycles. The van der Waals surface area contributed by atoms with Gasteiger partial charge >= 0.3 is 5.97 Å². The van der Waals surface area contributed by atoms with Gasteiger partial charge in [0.1, 0.15) is 0 Å². The van der Waals surface area contributed by atoms with Gasteiger partial charge in [-0.2, -0.15) is 0 Å². The van der Waals surface area contributed by atoms with Gasteiger partial charge in [-0.1, -0.05) is 35.0 Å². The molecular weight excluding hydrogens is 310 g/mol. The molecule has 4 nitrogen and oxygen atoms in total.